The van der Waals surface area contributed by atoms with Crippen molar-refractivity contribution in [2.24, 2.45) is 0 Å². The minimum atomic E-state index is -1.57. The molecular weight excluding hydrogens is 430 g/mol. The molecule has 1 atom stereocenters. The largest absolute Gasteiger partial charge is 0.444 e. The van der Waals surface area contributed by atoms with E-state index in [9.17, 15) is 33.9 Å². The van der Waals surface area contributed by atoms with Crippen LogP contribution in [-0.2, 0) is 38.4 Å². The number of aliphatic hydroxyl groups excluding tert-OH is 1. The third-order valence-electron chi connectivity index (χ3n) is 4.32. The summed E-state index contributed by atoms with van der Waals surface area (Å²) in [5.74, 6) is -3.32. The van der Waals surface area contributed by atoms with E-state index in [1.54, 1.807) is 20.8 Å². The summed E-state index contributed by atoms with van der Waals surface area (Å²) >= 11 is 0. The lowest BCUT2D eigenvalue weighted by atomic mass is 10.2. The fraction of sp³-hybridized carbons (Fsp3) is 0.684. The summed E-state index contributed by atoms with van der Waals surface area (Å²) in [6.45, 7) is 4.57. The van der Waals surface area contributed by atoms with Gasteiger partial charge in [-0.2, -0.15) is 5.06 Å². The first kappa shape index (κ1) is 25.2. The highest BCUT2D eigenvalue weighted by Gasteiger charge is 2.34. The second-order valence-corrected chi connectivity index (χ2v) is 8.19. The van der Waals surface area contributed by atoms with Crippen molar-refractivity contribution >= 4 is 35.7 Å². The van der Waals surface area contributed by atoms with Crippen LogP contribution in [0.2, 0.25) is 0 Å². The minimum Gasteiger partial charge on any atom is -0.444 e. The summed E-state index contributed by atoms with van der Waals surface area (Å²) in [6.07, 6.45) is -3.05. The van der Waals surface area contributed by atoms with E-state index in [1.165, 1.54) is 0 Å². The van der Waals surface area contributed by atoms with Crippen molar-refractivity contribution < 1.29 is 48.3 Å². The average Bonchev–Trinajstić information content (AvgIpc) is 3.16. The lowest BCUT2D eigenvalue weighted by Gasteiger charge is -2.28. The van der Waals surface area contributed by atoms with Gasteiger partial charge < -0.3 is 19.6 Å². The van der Waals surface area contributed by atoms with Crippen LogP contribution in [-0.4, -0.2) is 80.8 Å². The molecule has 0 radical (unpaired) electrons. The summed E-state index contributed by atoms with van der Waals surface area (Å²) in [4.78, 5) is 81.5. The third kappa shape index (κ3) is 7.27. The quantitative estimate of drug-likeness (QED) is 0.369. The van der Waals surface area contributed by atoms with Crippen LogP contribution in [0.4, 0.5) is 4.79 Å². The number of aliphatic hydroxyl groups is 1. The molecule has 2 saturated heterocycles. The van der Waals surface area contributed by atoms with Crippen LogP contribution in [0.15, 0.2) is 0 Å². The van der Waals surface area contributed by atoms with Crippen LogP contribution in [0.3, 0.4) is 0 Å². The van der Waals surface area contributed by atoms with Crippen molar-refractivity contribution in [1.82, 2.24) is 15.0 Å². The normalized spacial score (nSPS) is 17.8. The molecule has 13 heteroatoms. The molecule has 2 rings (SSSR count). The van der Waals surface area contributed by atoms with Gasteiger partial charge in [-0.15, -0.1) is 5.06 Å². The van der Waals surface area contributed by atoms with Gasteiger partial charge in [-0.3, -0.25) is 19.2 Å². The Kier molecular flexibility index (Phi) is 8.27. The van der Waals surface area contributed by atoms with Crippen LogP contribution in [0.1, 0.15) is 59.3 Å². The molecule has 2 heterocycles. The van der Waals surface area contributed by atoms with Crippen molar-refractivity contribution in [3.63, 3.8) is 0 Å². The molecule has 1 unspecified atom stereocenters. The van der Waals surface area contributed by atoms with Gasteiger partial charge in [-0.05, 0) is 20.8 Å². The maximum Gasteiger partial charge on any atom is 0.410 e. The van der Waals surface area contributed by atoms with Crippen molar-refractivity contribution in [3.8, 4) is 0 Å². The highest BCUT2D eigenvalue weighted by Crippen LogP contribution is 2.16. The van der Waals surface area contributed by atoms with Crippen LogP contribution >= 0.6 is 0 Å². The molecule has 2 aliphatic rings. The van der Waals surface area contributed by atoms with E-state index in [2.05, 4.69) is 0 Å². The highest BCUT2D eigenvalue weighted by atomic mass is 16.8. The summed E-state index contributed by atoms with van der Waals surface area (Å²) < 4.78 is 5.27. The minimum absolute atomic E-state index is 0.0142. The first-order valence-corrected chi connectivity index (χ1v) is 10.1. The SMILES string of the molecule is CC(C)(C)OC(=O)N(CCC(=O)ON1C(=O)CCC1=O)CCC(O)ON1C(=O)CCC1=O. The molecule has 0 aliphatic carbocycles. The predicted octanol–water partition coefficient (Wildman–Crippen LogP) is 0.00990. The molecule has 0 spiro atoms. The van der Waals surface area contributed by atoms with Gasteiger partial charge >= 0.3 is 12.1 Å². The maximum atomic E-state index is 12.5. The van der Waals surface area contributed by atoms with Gasteiger partial charge in [0.1, 0.15) is 5.60 Å². The fourth-order valence-corrected chi connectivity index (χ4v) is 2.77. The molecule has 2 fully saturated rings. The Hall–Kier alpha value is -3.06. The van der Waals surface area contributed by atoms with E-state index in [0.29, 0.717) is 10.1 Å². The van der Waals surface area contributed by atoms with Crippen molar-refractivity contribution in [2.75, 3.05) is 13.1 Å². The second kappa shape index (κ2) is 10.5. The van der Waals surface area contributed by atoms with Gasteiger partial charge in [-0.25, -0.2) is 14.4 Å². The number of hydroxylamine groups is 4. The van der Waals surface area contributed by atoms with Crippen LogP contribution < -0.4 is 0 Å². The monoisotopic (exact) mass is 457 g/mol. The Bertz CT molecular complexity index is 759. The molecule has 0 aromatic carbocycles. The fourth-order valence-electron chi connectivity index (χ4n) is 2.77. The number of carbonyl (C=O) groups is 6. The lowest BCUT2D eigenvalue weighted by Crippen LogP contribution is -2.41. The Balaban J connectivity index is 1.91. The van der Waals surface area contributed by atoms with Crippen LogP contribution in [0.25, 0.3) is 0 Å². The Morgan fingerprint density at radius 1 is 0.938 bits per heavy atom. The van der Waals surface area contributed by atoms with Gasteiger partial charge in [0.15, 0.2) is 6.29 Å². The van der Waals surface area contributed by atoms with Gasteiger partial charge in [0.2, 0.25) is 0 Å². The molecule has 2 aliphatic heterocycles. The Labute approximate surface area is 184 Å². The number of nitrogens with zero attached hydrogens (tertiary/aromatic N) is 3. The zero-order chi connectivity index (χ0) is 24.1. The zero-order valence-corrected chi connectivity index (χ0v) is 18.2. The van der Waals surface area contributed by atoms with Crippen LogP contribution in [0.5, 0.6) is 0 Å². The summed E-state index contributed by atoms with van der Waals surface area (Å²) in [6, 6.07) is 0. The number of imide groups is 2. The smallest absolute Gasteiger partial charge is 0.410 e. The van der Waals surface area contributed by atoms with E-state index in [-0.39, 0.29) is 51.6 Å². The van der Waals surface area contributed by atoms with Crippen molar-refractivity contribution in [1.29, 1.82) is 0 Å². The third-order valence-corrected chi connectivity index (χ3v) is 4.32. The van der Waals surface area contributed by atoms with E-state index < -0.39 is 47.6 Å². The highest BCUT2D eigenvalue weighted by molar-refractivity contribution is 6.01. The molecule has 5 amide bonds. The molecule has 178 valence electrons. The second-order valence-electron chi connectivity index (χ2n) is 8.19. The standard InChI is InChI=1S/C19H27N3O10/c1-19(2,3)30-18(29)20(10-8-16(27)31-21-12(23)4-5-13(21)24)11-9-17(28)32-22-14(25)6-7-15(22)26/h16,27H,4-11H2,1-3H3. The van der Waals surface area contributed by atoms with Gasteiger partial charge in [0.05, 0.1) is 6.42 Å². The van der Waals surface area contributed by atoms with Crippen LogP contribution in [0, 0.1) is 0 Å². The molecule has 0 aromatic rings. The van der Waals surface area contributed by atoms with E-state index in [4.69, 9.17) is 14.4 Å². The van der Waals surface area contributed by atoms with E-state index in [1.807, 2.05) is 0 Å². The van der Waals surface area contributed by atoms with Gasteiger partial charge in [-0.1, -0.05) is 0 Å². The first-order chi connectivity index (χ1) is 14.9. The number of amides is 5. The topological polar surface area (TPSA) is 160 Å². The number of rotatable bonds is 9. The molecule has 0 saturated carbocycles. The molecule has 0 aromatic heterocycles. The molecule has 1 N–H and O–H groups in total. The molecule has 0 bridgehead atoms. The van der Waals surface area contributed by atoms with E-state index in [0.717, 1.165) is 4.90 Å². The van der Waals surface area contributed by atoms with E-state index >= 15 is 0 Å². The predicted molar refractivity (Wildman–Crippen MR) is 102 cm³/mol. The van der Waals surface area contributed by atoms with Gasteiger partial charge in [0.25, 0.3) is 23.6 Å². The zero-order valence-electron chi connectivity index (χ0n) is 18.2. The lowest BCUT2D eigenvalue weighted by molar-refractivity contribution is -0.246. The maximum absolute atomic E-state index is 12.5. The Morgan fingerprint density at radius 3 is 1.94 bits per heavy atom. The number of ether oxygens (including phenoxy) is 1. The number of carbonyl (C=O) groups excluding carboxylic acids is 6. The number of hydrogen-bond acceptors (Lipinski definition) is 10. The first-order valence-electron chi connectivity index (χ1n) is 10.1. The van der Waals surface area contributed by atoms with Gasteiger partial charge in [0, 0.05) is 45.2 Å². The summed E-state index contributed by atoms with van der Waals surface area (Å²) in [7, 11) is 0. The molecular formula is C19H27N3O10. The van der Waals surface area contributed by atoms with Crippen molar-refractivity contribution in [3.05, 3.63) is 0 Å². The Morgan fingerprint density at radius 2 is 1.44 bits per heavy atom. The number of hydrogen-bond donors (Lipinski definition) is 1. The molecule has 13 nitrogen and oxygen atoms in total. The van der Waals surface area contributed by atoms with Crippen molar-refractivity contribution in [2.45, 2.75) is 71.2 Å². The summed E-state index contributed by atoms with van der Waals surface area (Å²) in [5, 5.41) is 10.9. The average molecular weight is 457 g/mol. The summed E-state index contributed by atoms with van der Waals surface area (Å²) in [5.41, 5.74) is -0.840. The molecule has 32 heavy (non-hydrogen) atoms.